The van der Waals surface area contributed by atoms with E-state index in [-0.39, 0.29) is 0 Å². The molecule has 162 valence electrons. The fourth-order valence-electron chi connectivity index (χ4n) is 3.22. The Hall–Kier alpha value is -1.76. The highest BCUT2D eigenvalue weighted by atomic mass is 32.2. The zero-order chi connectivity index (χ0) is 21.1. The number of thioether (sulfide) groups is 3. The van der Waals surface area contributed by atoms with E-state index in [0.717, 1.165) is 45.9 Å². The first-order chi connectivity index (χ1) is 15.4. The molecule has 0 fully saturated rings. The van der Waals surface area contributed by atoms with Crippen molar-refractivity contribution in [2.75, 3.05) is 23.0 Å². The second kappa shape index (κ2) is 12.3. The van der Waals surface area contributed by atoms with E-state index < -0.39 is 0 Å². The standard InChI is InChI=1S/C25H27NO2S3/c1-3-10-24-20(6-1)18-30-14-12-29-13-15-31-19-21-7-2-4-11-25(21)28-17-23-9-5-8-22(26-23)16-27-24/h1-11H,12-19H2. The number of benzene rings is 2. The lowest BCUT2D eigenvalue weighted by Crippen LogP contribution is -2.05. The molecule has 1 aliphatic heterocycles. The first kappa shape index (κ1) is 22.4. The Morgan fingerprint density at radius 1 is 0.548 bits per heavy atom. The Balaban J connectivity index is 1.49. The van der Waals surface area contributed by atoms with Crippen LogP contribution in [-0.2, 0) is 24.7 Å². The maximum atomic E-state index is 6.14. The average Bonchev–Trinajstić information content (AvgIpc) is 2.81. The molecule has 0 atom stereocenters. The molecular formula is C25H27NO2S3. The third kappa shape index (κ3) is 7.13. The highest BCUT2D eigenvalue weighted by molar-refractivity contribution is 8.04. The molecule has 0 unspecified atom stereocenters. The number of nitrogens with zero attached hydrogens (tertiary/aromatic N) is 1. The Morgan fingerprint density at radius 3 is 1.58 bits per heavy atom. The van der Waals surface area contributed by atoms with Crippen LogP contribution in [-0.4, -0.2) is 28.0 Å². The van der Waals surface area contributed by atoms with Crippen LogP contribution in [0.15, 0.2) is 66.7 Å². The van der Waals surface area contributed by atoms with Crippen molar-refractivity contribution in [2.24, 2.45) is 0 Å². The molecule has 6 heteroatoms. The van der Waals surface area contributed by atoms with Crippen molar-refractivity contribution in [3.8, 4) is 11.5 Å². The molecule has 0 N–H and O–H groups in total. The summed E-state index contributed by atoms with van der Waals surface area (Å²) in [5, 5.41) is 0. The zero-order valence-corrected chi connectivity index (χ0v) is 19.9. The summed E-state index contributed by atoms with van der Waals surface area (Å²) in [5.74, 6) is 8.53. The molecule has 0 spiro atoms. The van der Waals surface area contributed by atoms with Crippen LogP contribution in [0.1, 0.15) is 22.5 Å². The molecular weight excluding hydrogens is 442 g/mol. The predicted molar refractivity (Wildman–Crippen MR) is 135 cm³/mol. The molecule has 2 heterocycles. The van der Waals surface area contributed by atoms with Crippen LogP contribution >= 0.6 is 35.3 Å². The van der Waals surface area contributed by atoms with Crippen molar-refractivity contribution in [3.05, 3.63) is 89.2 Å². The second-order valence-electron chi connectivity index (χ2n) is 7.13. The van der Waals surface area contributed by atoms with Crippen molar-refractivity contribution in [1.82, 2.24) is 4.98 Å². The molecule has 1 aromatic heterocycles. The quantitative estimate of drug-likeness (QED) is 0.376. The molecule has 4 rings (SSSR count). The molecule has 31 heavy (non-hydrogen) atoms. The van der Waals surface area contributed by atoms with Crippen LogP contribution in [0.2, 0.25) is 0 Å². The van der Waals surface area contributed by atoms with Crippen LogP contribution < -0.4 is 9.47 Å². The van der Waals surface area contributed by atoms with Gasteiger partial charge in [-0.2, -0.15) is 35.3 Å². The van der Waals surface area contributed by atoms with E-state index in [4.69, 9.17) is 14.5 Å². The second-order valence-corrected chi connectivity index (χ2v) is 10.6. The number of aromatic nitrogens is 1. The molecule has 3 aromatic rings. The molecule has 3 nitrogen and oxygen atoms in total. The first-order valence-electron chi connectivity index (χ1n) is 10.5. The van der Waals surface area contributed by atoms with E-state index in [1.165, 1.54) is 22.6 Å². The largest absolute Gasteiger partial charge is 0.487 e. The number of pyridine rings is 1. The number of fused-ring (bicyclic) bond motifs is 4. The van der Waals surface area contributed by atoms with Gasteiger partial charge in [-0.05, 0) is 24.3 Å². The van der Waals surface area contributed by atoms with Gasteiger partial charge in [-0.15, -0.1) is 0 Å². The summed E-state index contributed by atoms with van der Waals surface area (Å²) < 4.78 is 12.3. The maximum Gasteiger partial charge on any atom is 0.130 e. The van der Waals surface area contributed by atoms with Crippen molar-refractivity contribution in [2.45, 2.75) is 24.7 Å². The van der Waals surface area contributed by atoms with Crippen LogP contribution in [0.25, 0.3) is 0 Å². The molecule has 0 saturated carbocycles. The minimum Gasteiger partial charge on any atom is -0.487 e. The molecule has 0 radical (unpaired) electrons. The van der Waals surface area contributed by atoms with Gasteiger partial charge in [-0.3, -0.25) is 4.98 Å². The minimum atomic E-state index is 0.457. The lowest BCUT2D eigenvalue weighted by Gasteiger charge is -2.13. The normalized spacial score (nSPS) is 16.1. The Labute approximate surface area is 197 Å². The number of para-hydroxylation sites is 2. The molecule has 0 saturated heterocycles. The van der Waals surface area contributed by atoms with Crippen LogP contribution in [0.3, 0.4) is 0 Å². The summed E-state index contributed by atoms with van der Waals surface area (Å²) in [6, 6.07) is 22.7. The van der Waals surface area contributed by atoms with Crippen molar-refractivity contribution in [1.29, 1.82) is 0 Å². The minimum absolute atomic E-state index is 0.457. The molecule has 2 aromatic carbocycles. The molecule has 0 aliphatic carbocycles. The van der Waals surface area contributed by atoms with Gasteiger partial charge in [-0.25, -0.2) is 0 Å². The third-order valence-corrected chi connectivity index (χ3v) is 8.34. The summed E-state index contributed by atoms with van der Waals surface area (Å²) in [6.45, 7) is 0.914. The zero-order valence-electron chi connectivity index (χ0n) is 17.5. The van der Waals surface area contributed by atoms with Crippen LogP contribution in [0.4, 0.5) is 0 Å². The molecule has 1 aliphatic rings. The summed E-state index contributed by atoms with van der Waals surface area (Å²) >= 11 is 5.99. The summed E-state index contributed by atoms with van der Waals surface area (Å²) in [6.07, 6.45) is 0. The van der Waals surface area contributed by atoms with E-state index >= 15 is 0 Å². The van der Waals surface area contributed by atoms with Crippen LogP contribution in [0.5, 0.6) is 11.5 Å². The average molecular weight is 470 g/mol. The number of ether oxygens (including phenoxy) is 2. The summed E-state index contributed by atoms with van der Waals surface area (Å²) in [5.41, 5.74) is 4.33. The van der Waals surface area contributed by atoms with Crippen LogP contribution in [0, 0.1) is 0 Å². The van der Waals surface area contributed by atoms with E-state index in [1.54, 1.807) is 0 Å². The summed E-state index contributed by atoms with van der Waals surface area (Å²) in [7, 11) is 0. The van der Waals surface area contributed by atoms with Gasteiger partial charge in [0.2, 0.25) is 0 Å². The van der Waals surface area contributed by atoms with E-state index in [0.29, 0.717) is 13.2 Å². The van der Waals surface area contributed by atoms with Gasteiger partial charge >= 0.3 is 0 Å². The van der Waals surface area contributed by atoms with E-state index in [2.05, 4.69) is 36.4 Å². The van der Waals surface area contributed by atoms with Gasteiger partial charge in [0.05, 0.1) is 11.4 Å². The molecule has 0 amide bonds. The van der Waals surface area contributed by atoms with E-state index in [9.17, 15) is 0 Å². The fraction of sp³-hybridized carbons (Fsp3) is 0.320. The highest BCUT2D eigenvalue weighted by Gasteiger charge is 2.08. The number of hydrogen-bond donors (Lipinski definition) is 0. The monoisotopic (exact) mass is 469 g/mol. The molecule has 2 bridgehead atoms. The van der Waals surface area contributed by atoms with E-state index in [1.807, 2.05) is 65.6 Å². The SMILES string of the molecule is c1cc2nc(c1)COc1ccccc1CSCCSCCSCc1ccccc1OC2. The predicted octanol–water partition coefficient (Wildman–Crippen LogP) is 6.45. The fourth-order valence-corrected chi connectivity index (χ4v) is 6.52. The number of rotatable bonds is 0. The topological polar surface area (TPSA) is 31.4 Å². The number of hydrogen-bond acceptors (Lipinski definition) is 6. The Morgan fingerprint density at radius 2 is 1.03 bits per heavy atom. The highest BCUT2D eigenvalue weighted by Crippen LogP contribution is 2.26. The van der Waals surface area contributed by atoms with Gasteiger partial charge in [0.1, 0.15) is 24.7 Å². The van der Waals surface area contributed by atoms with Gasteiger partial charge in [0, 0.05) is 45.6 Å². The lowest BCUT2D eigenvalue weighted by atomic mass is 10.2. The Kier molecular flexibility index (Phi) is 8.92. The van der Waals surface area contributed by atoms with Crippen molar-refractivity contribution >= 4 is 35.3 Å². The lowest BCUT2D eigenvalue weighted by molar-refractivity contribution is 0.288. The Bertz CT molecular complexity index is 894. The van der Waals surface area contributed by atoms with Crippen molar-refractivity contribution < 1.29 is 9.47 Å². The first-order valence-corrected chi connectivity index (χ1v) is 13.9. The van der Waals surface area contributed by atoms with Crippen molar-refractivity contribution in [3.63, 3.8) is 0 Å². The van der Waals surface area contributed by atoms with Gasteiger partial charge in [-0.1, -0.05) is 42.5 Å². The third-order valence-electron chi connectivity index (χ3n) is 4.82. The van der Waals surface area contributed by atoms with Gasteiger partial charge in [0.25, 0.3) is 0 Å². The van der Waals surface area contributed by atoms with Gasteiger partial charge < -0.3 is 9.47 Å². The maximum absolute atomic E-state index is 6.14. The smallest absolute Gasteiger partial charge is 0.130 e. The summed E-state index contributed by atoms with van der Waals surface area (Å²) in [4.78, 5) is 4.75. The van der Waals surface area contributed by atoms with Gasteiger partial charge in [0.15, 0.2) is 0 Å².